The first-order valence-electron chi connectivity index (χ1n) is 8.08. The fraction of sp³-hybridized carbons (Fsp3) is 0.471. The molecule has 1 aromatic carbocycles. The average Bonchev–Trinajstić information content (AvgIpc) is 3.02. The number of rotatable bonds is 4. The maximum atomic E-state index is 13.7. The molecular weight excluding hydrogens is 329 g/mol. The normalized spacial score (nSPS) is 21.0. The predicted octanol–water partition coefficient (Wildman–Crippen LogP) is 3.76. The number of halogens is 1. The molecule has 2 unspecified atom stereocenters. The summed E-state index contributed by atoms with van der Waals surface area (Å²) >= 11 is 1.19. The van der Waals surface area contributed by atoms with Crippen molar-refractivity contribution in [1.29, 1.82) is 0 Å². The Balaban J connectivity index is 1.63. The summed E-state index contributed by atoms with van der Waals surface area (Å²) in [7, 11) is 0. The minimum atomic E-state index is -0.412. The van der Waals surface area contributed by atoms with Crippen molar-refractivity contribution in [2.75, 3.05) is 5.75 Å². The van der Waals surface area contributed by atoms with Gasteiger partial charge in [-0.05, 0) is 45.2 Å². The van der Waals surface area contributed by atoms with Gasteiger partial charge in [0.2, 0.25) is 5.91 Å². The van der Waals surface area contributed by atoms with Crippen molar-refractivity contribution >= 4 is 17.7 Å². The number of hydrogen-bond acceptors (Lipinski definition) is 5. The van der Waals surface area contributed by atoms with Crippen molar-refractivity contribution in [2.24, 2.45) is 0 Å². The van der Waals surface area contributed by atoms with Crippen molar-refractivity contribution in [3.05, 3.63) is 30.1 Å². The van der Waals surface area contributed by atoms with Crippen LogP contribution in [0.15, 0.2) is 33.9 Å². The first-order valence-corrected chi connectivity index (χ1v) is 9.07. The van der Waals surface area contributed by atoms with Crippen LogP contribution in [0, 0.1) is 5.82 Å². The highest BCUT2D eigenvalue weighted by atomic mass is 32.2. The zero-order valence-electron chi connectivity index (χ0n) is 13.7. The van der Waals surface area contributed by atoms with Gasteiger partial charge in [0.05, 0.1) is 11.3 Å². The molecule has 1 amide bonds. The molecule has 0 N–H and O–H groups in total. The van der Waals surface area contributed by atoms with Gasteiger partial charge in [0.25, 0.3) is 11.1 Å². The summed E-state index contributed by atoms with van der Waals surface area (Å²) in [5.74, 6) is 0.0333. The van der Waals surface area contributed by atoms with Gasteiger partial charge in [-0.2, -0.15) is 0 Å². The lowest BCUT2D eigenvalue weighted by molar-refractivity contribution is -0.134. The Kier molecular flexibility index (Phi) is 5.18. The largest absolute Gasteiger partial charge is 0.411 e. The molecule has 3 rings (SSSR count). The van der Waals surface area contributed by atoms with Crippen LogP contribution in [0.1, 0.15) is 33.1 Å². The van der Waals surface area contributed by atoms with E-state index in [0.717, 1.165) is 19.3 Å². The Bertz CT molecular complexity index is 711. The molecule has 1 aromatic heterocycles. The van der Waals surface area contributed by atoms with Crippen LogP contribution >= 0.6 is 11.8 Å². The van der Waals surface area contributed by atoms with Crippen LogP contribution in [0.3, 0.4) is 0 Å². The third-order valence-corrected chi connectivity index (χ3v) is 5.11. The van der Waals surface area contributed by atoms with Crippen LogP contribution in [-0.4, -0.2) is 38.8 Å². The van der Waals surface area contributed by atoms with E-state index in [2.05, 4.69) is 24.0 Å². The topological polar surface area (TPSA) is 59.2 Å². The van der Waals surface area contributed by atoms with E-state index in [9.17, 15) is 9.18 Å². The zero-order valence-corrected chi connectivity index (χ0v) is 14.6. The van der Waals surface area contributed by atoms with Gasteiger partial charge in [-0.15, -0.1) is 10.2 Å². The maximum absolute atomic E-state index is 13.7. The second-order valence-electron chi connectivity index (χ2n) is 6.07. The molecule has 1 saturated heterocycles. The summed E-state index contributed by atoms with van der Waals surface area (Å²) in [6.45, 7) is 4.17. The van der Waals surface area contributed by atoms with Gasteiger partial charge in [0, 0.05) is 12.1 Å². The Morgan fingerprint density at radius 2 is 2.00 bits per heavy atom. The van der Waals surface area contributed by atoms with Gasteiger partial charge in [0.1, 0.15) is 5.82 Å². The Hall–Kier alpha value is -1.89. The number of benzene rings is 1. The molecule has 0 aliphatic carbocycles. The first kappa shape index (κ1) is 17.0. The molecule has 2 heterocycles. The van der Waals surface area contributed by atoms with Crippen LogP contribution in [0.2, 0.25) is 0 Å². The SMILES string of the molecule is CC1CCCC(C)N1C(=O)CSc1nnc(-c2ccccc2F)o1. The van der Waals surface area contributed by atoms with Gasteiger partial charge in [-0.1, -0.05) is 23.9 Å². The fourth-order valence-electron chi connectivity index (χ4n) is 3.12. The smallest absolute Gasteiger partial charge is 0.277 e. The van der Waals surface area contributed by atoms with Crippen LogP contribution in [0.25, 0.3) is 11.5 Å². The molecule has 24 heavy (non-hydrogen) atoms. The summed E-state index contributed by atoms with van der Waals surface area (Å²) < 4.78 is 19.2. The lowest BCUT2D eigenvalue weighted by Gasteiger charge is -2.39. The summed E-state index contributed by atoms with van der Waals surface area (Å²) in [4.78, 5) is 14.4. The molecule has 1 fully saturated rings. The monoisotopic (exact) mass is 349 g/mol. The third kappa shape index (κ3) is 3.61. The van der Waals surface area contributed by atoms with Crippen molar-refractivity contribution in [3.8, 4) is 11.5 Å². The summed E-state index contributed by atoms with van der Waals surface area (Å²) in [5.41, 5.74) is 0.265. The average molecular weight is 349 g/mol. The molecule has 1 aliphatic heterocycles. The highest BCUT2D eigenvalue weighted by molar-refractivity contribution is 7.99. The molecule has 128 valence electrons. The highest BCUT2D eigenvalue weighted by Crippen LogP contribution is 2.27. The van der Waals surface area contributed by atoms with E-state index >= 15 is 0 Å². The molecule has 0 spiro atoms. The number of nitrogens with zero attached hydrogens (tertiary/aromatic N) is 3. The van der Waals surface area contributed by atoms with Crippen molar-refractivity contribution in [1.82, 2.24) is 15.1 Å². The molecule has 5 nitrogen and oxygen atoms in total. The lowest BCUT2D eigenvalue weighted by atomic mass is 9.98. The Labute approximate surface area is 144 Å². The molecule has 0 saturated carbocycles. The number of aromatic nitrogens is 2. The molecule has 2 aromatic rings. The van der Waals surface area contributed by atoms with E-state index in [0.29, 0.717) is 0 Å². The third-order valence-electron chi connectivity index (χ3n) is 4.31. The van der Waals surface area contributed by atoms with Crippen molar-refractivity contribution < 1.29 is 13.6 Å². The first-order chi connectivity index (χ1) is 11.6. The molecule has 0 radical (unpaired) electrons. The minimum absolute atomic E-state index is 0.0744. The number of piperidine rings is 1. The fourth-order valence-corrected chi connectivity index (χ4v) is 3.75. The number of amides is 1. The van der Waals surface area contributed by atoms with Gasteiger partial charge in [-0.3, -0.25) is 4.79 Å². The van der Waals surface area contributed by atoms with E-state index in [1.165, 1.54) is 17.8 Å². The molecule has 2 atom stereocenters. The molecular formula is C17H20FN3O2S. The van der Waals surface area contributed by atoms with Crippen LogP contribution in [-0.2, 0) is 4.79 Å². The van der Waals surface area contributed by atoms with E-state index in [1.54, 1.807) is 18.2 Å². The second kappa shape index (κ2) is 7.34. The number of carbonyl (C=O) groups is 1. The summed E-state index contributed by atoms with van der Waals surface area (Å²) in [5, 5.41) is 8.04. The van der Waals surface area contributed by atoms with Gasteiger partial charge >= 0.3 is 0 Å². The highest BCUT2D eigenvalue weighted by Gasteiger charge is 2.29. The number of carbonyl (C=O) groups excluding carboxylic acids is 1. The maximum Gasteiger partial charge on any atom is 0.277 e. The molecule has 0 bridgehead atoms. The van der Waals surface area contributed by atoms with Gasteiger partial charge in [-0.25, -0.2) is 4.39 Å². The lowest BCUT2D eigenvalue weighted by Crippen LogP contribution is -2.48. The second-order valence-corrected chi connectivity index (χ2v) is 7.00. The van der Waals surface area contributed by atoms with E-state index in [4.69, 9.17) is 4.42 Å². The number of hydrogen-bond donors (Lipinski definition) is 0. The minimum Gasteiger partial charge on any atom is -0.411 e. The summed E-state index contributed by atoms with van der Waals surface area (Å²) in [6, 6.07) is 6.76. The zero-order chi connectivity index (χ0) is 17.1. The number of likely N-dealkylation sites (tertiary alicyclic amines) is 1. The van der Waals surface area contributed by atoms with Gasteiger partial charge in [0.15, 0.2) is 0 Å². The van der Waals surface area contributed by atoms with E-state index in [1.807, 2.05) is 4.90 Å². The van der Waals surface area contributed by atoms with Crippen LogP contribution in [0.5, 0.6) is 0 Å². The van der Waals surface area contributed by atoms with E-state index < -0.39 is 5.82 Å². The quantitative estimate of drug-likeness (QED) is 0.787. The van der Waals surface area contributed by atoms with Crippen molar-refractivity contribution in [3.63, 3.8) is 0 Å². The van der Waals surface area contributed by atoms with Crippen LogP contribution < -0.4 is 0 Å². The summed E-state index contributed by atoms with van der Waals surface area (Å²) in [6.07, 6.45) is 3.24. The van der Waals surface area contributed by atoms with Gasteiger partial charge < -0.3 is 9.32 Å². The Morgan fingerprint density at radius 3 is 2.71 bits per heavy atom. The Morgan fingerprint density at radius 1 is 1.29 bits per heavy atom. The van der Waals surface area contributed by atoms with E-state index in [-0.39, 0.29) is 40.4 Å². The predicted molar refractivity (Wildman–Crippen MR) is 90.0 cm³/mol. The molecule has 1 aliphatic rings. The van der Waals surface area contributed by atoms with Crippen molar-refractivity contribution in [2.45, 2.75) is 50.4 Å². The standard InChI is InChI=1S/C17H20FN3O2S/c1-11-6-5-7-12(2)21(11)15(22)10-24-17-20-19-16(23-17)13-8-3-4-9-14(13)18/h3-4,8-9,11-12H,5-7,10H2,1-2H3. The van der Waals surface area contributed by atoms with Crippen LogP contribution in [0.4, 0.5) is 4.39 Å². The molecule has 7 heteroatoms. The number of thioether (sulfide) groups is 1.